The maximum Gasteiger partial charge on any atom is 0.259 e. The van der Waals surface area contributed by atoms with Gasteiger partial charge in [-0.3, -0.25) is 4.79 Å². The third-order valence-electron chi connectivity index (χ3n) is 4.20. The number of amides is 1. The minimum atomic E-state index is -0.352. The van der Waals surface area contributed by atoms with E-state index in [1.165, 1.54) is 12.1 Å². The van der Waals surface area contributed by atoms with Gasteiger partial charge in [0.2, 0.25) is 5.89 Å². The average Bonchev–Trinajstić information content (AvgIpc) is 3.27. The van der Waals surface area contributed by atoms with Crippen LogP contribution in [0.25, 0.3) is 22.4 Å². The zero-order valence-electron chi connectivity index (χ0n) is 15.2. The standard InChI is InChI=1S/C19H16FN5O3/c1-10-17-14(18(26)21-8-7-16-22-11(2)25-27-16)9-15(23-19(17)28-24-10)12-3-5-13(20)6-4-12/h3-6,9H,7-8H2,1-2H3,(H,21,26). The zero-order chi connectivity index (χ0) is 19.7. The summed E-state index contributed by atoms with van der Waals surface area (Å²) in [5.74, 6) is 0.333. The first-order valence-electron chi connectivity index (χ1n) is 8.61. The van der Waals surface area contributed by atoms with Crippen LogP contribution >= 0.6 is 0 Å². The zero-order valence-corrected chi connectivity index (χ0v) is 15.2. The van der Waals surface area contributed by atoms with Crippen molar-refractivity contribution in [3.05, 3.63) is 59.1 Å². The van der Waals surface area contributed by atoms with Gasteiger partial charge in [0, 0.05) is 18.5 Å². The molecular weight excluding hydrogens is 365 g/mol. The van der Waals surface area contributed by atoms with Gasteiger partial charge < -0.3 is 14.4 Å². The van der Waals surface area contributed by atoms with Crippen LogP contribution in [0.15, 0.2) is 39.4 Å². The van der Waals surface area contributed by atoms with Gasteiger partial charge in [0.25, 0.3) is 11.6 Å². The maximum atomic E-state index is 13.2. The lowest BCUT2D eigenvalue weighted by atomic mass is 10.0. The Bertz CT molecular complexity index is 1150. The molecule has 9 heteroatoms. The molecule has 0 saturated carbocycles. The average molecular weight is 381 g/mol. The van der Waals surface area contributed by atoms with E-state index in [1.54, 1.807) is 32.0 Å². The lowest BCUT2D eigenvalue weighted by Crippen LogP contribution is -2.26. The van der Waals surface area contributed by atoms with E-state index >= 15 is 0 Å². The Labute approximate surface area is 158 Å². The van der Waals surface area contributed by atoms with Crippen LogP contribution in [0.4, 0.5) is 4.39 Å². The molecule has 0 fully saturated rings. The Morgan fingerprint density at radius 2 is 1.89 bits per heavy atom. The minimum Gasteiger partial charge on any atom is -0.351 e. The molecule has 1 aromatic carbocycles. The first-order chi connectivity index (χ1) is 13.5. The Morgan fingerprint density at radius 3 is 2.61 bits per heavy atom. The number of hydrogen-bond acceptors (Lipinski definition) is 7. The number of aryl methyl sites for hydroxylation is 2. The Balaban J connectivity index is 1.63. The van der Waals surface area contributed by atoms with Crippen molar-refractivity contribution in [2.75, 3.05) is 6.54 Å². The first-order valence-corrected chi connectivity index (χ1v) is 8.61. The van der Waals surface area contributed by atoms with Crippen molar-refractivity contribution < 1.29 is 18.2 Å². The molecule has 28 heavy (non-hydrogen) atoms. The molecule has 4 aromatic rings. The van der Waals surface area contributed by atoms with Crippen molar-refractivity contribution in [1.82, 2.24) is 25.6 Å². The highest BCUT2D eigenvalue weighted by Crippen LogP contribution is 2.27. The molecule has 0 aliphatic carbocycles. The first kappa shape index (κ1) is 17.8. The molecule has 1 N–H and O–H groups in total. The fraction of sp³-hybridized carbons (Fsp3) is 0.211. The van der Waals surface area contributed by atoms with E-state index < -0.39 is 0 Å². The molecule has 4 rings (SSSR count). The second kappa shape index (κ2) is 7.18. The summed E-state index contributed by atoms with van der Waals surface area (Å²) in [4.78, 5) is 21.3. The highest BCUT2D eigenvalue weighted by atomic mass is 19.1. The fourth-order valence-electron chi connectivity index (χ4n) is 2.86. The summed E-state index contributed by atoms with van der Waals surface area (Å²) in [6.45, 7) is 3.79. The summed E-state index contributed by atoms with van der Waals surface area (Å²) in [5.41, 5.74) is 2.33. The molecule has 0 aliphatic rings. The van der Waals surface area contributed by atoms with Gasteiger partial charge >= 0.3 is 0 Å². The van der Waals surface area contributed by atoms with E-state index in [0.717, 1.165) is 0 Å². The van der Waals surface area contributed by atoms with Gasteiger partial charge in [0.1, 0.15) is 5.82 Å². The molecule has 3 aromatic heterocycles. The largest absolute Gasteiger partial charge is 0.351 e. The van der Waals surface area contributed by atoms with E-state index in [4.69, 9.17) is 9.05 Å². The Kier molecular flexibility index (Phi) is 4.56. The lowest BCUT2D eigenvalue weighted by molar-refractivity contribution is 0.0955. The minimum absolute atomic E-state index is 0.247. The number of benzene rings is 1. The van der Waals surface area contributed by atoms with Crippen LogP contribution in [0.1, 0.15) is 27.8 Å². The number of nitrogens with zero attached hydrogens (tertiary/aromatic N) is 4. The van der Waals surface area contributed by atoms with Crippen molar-refractivity contribution in [3.63, 3.8) is 0 Å². The van der Waals surface area contributed by atoms with Crippen LogP contribution in [-0.2, 0) is 6.42 Å². The number of pyridine rings is 1. The molecule has 0 atom stereocenters. The lowest BCUT2D eigenvalue weighted by Gasteiger charge is -2.08. The van der Waals surface area contributed by atoms with Gasteiger partial charge in [-0.2, -0.15) is 4.98 Å². The van der Waals surface area contributed by atoms with Crippen LogP contribution in [0.3, 0.4) is 0 Å². The van der Waals surface area contributed by atoms with Crippen LogP contribution in [0.5, 0.6) is 0 Å². The molecule has 3 heterocycles. The van der Waals surface area contributed by atoms with Gasteiger partial charge in [0.15, 0.2) is 5.82 Å². The van der Waals surface area contributed by atoms with E-state index in [-0.39, 0.29) is 17.4 Å². The van der Waals surface area contributed by atoms with Gasteiger partial charge in [0.05, 0.1) is 22.3 Å². The molecule has 0 saturated heterocycles. The van der Waals surface area contributed by atoms with Crippen molar-refractivity contribution >= 4 is 17.0 Å². The topological polar surface area (TPSA) is 107 Å². The summed E-state index contributed by atoms with van der Waals surface area (Å²) < 4.78 is 23.5. The molecule has 0 aliphatic heterocycles. The quantitative estimate of drug-likeness (QED) is 0.566. The van der Waals surface area contributed by atoms with E-state index in [1.807, 2.05) is 0 Å². The predicted octanol–water partition coefficient (Wildman–Crippen LogP) is 3.00. The molecule has 1 amide bonds. The fourth-order valence-corrected chi connectivity index (χ4v) is 2.86. The van der Waals surface area contributed by atoms with E-state index in [2.05, 4.69) is 25.6 Å². The van der Waals surface area contributed by atoms with E-state index in [9.17, 15) is 9.18 Å². The van der Waals surface area contributed by atoms with Crippen molar-refractivity contribution in [1.29, 1.82) is 0 Å². The molecule has 0 spiro atoms. The number of hydrogen-bond donors (Lipinski definition) is 1. The van der Waals surface area contributed by atoms with E-state index in [0.29, 0.717) is 52.6 Å². The second-order valence-electron chi connectivity index (χ2n) is 6.25. The number of fused-ring (bicyclic) bond motifs is 1. The smallest absolute Gasteiger partial charge is 0.259 e. The summed E-state index contributed by atoms with van der Waals surface area (Å²) in [6, 6.07) is 7.49. The number of carbonyl (C=O) groups excluding carboxylic acids is 1. The van der Waals surface area contributed by atoms with Crippen molar-refractivity contribution in [2.24, 2.45) is 0 Å². The normalized spacial score (nSPS) is 11.1. The van der Waals surface area contributed by atoms with Crippen LogP contribution in [-0.4, -0.2) is 32.7 Å². The SMILES string of the molecule is Cc1noc(CCNC(=O)c2cc(-c3ccc(F)cc3)nc3onc(C)c23)n1. The summed E-state index contributed by atoms with van der Waals surface area (Å²) >= 11 is 0. The molecule has 8 nitrogen and oxygen atoms in total. The molecule has 142 valence electrons. The molecular formula is C19H16FN5O3. The Hall–Kier alpha value is -3.62. The van der Waals surface area contributed by atoms with Gasteiger partial charge in [-0.05, 0) is 44.2 Å². The number of carbonyl (C=O) groups is 1. The third kappa shape index (κ3) is 3.46. The van der Waals surface area contributed by atoms with Crippen molar-refractivity contribution in [3.8, 4) is 11.3 Å². The maximum absolute atomic E-state index is 13.2. The molecule has 0 unspecified atom stereocenters. The van der Waals surface area contributed by atoms with Crippen LogP contribution < -0.4 is 5.32 Å². The molecule has 0 radical (unpaired) electrons. The molecule has 0 bridgehead atoms. The number of nitrogens with one attached hydrogen (secondary N) is 1. The number of aromatic nitrogens is 4. The Morgan fingerprint density at radius 1 is 1.11 bits per heavy atom. The monoisotopic (exact) mass is 381 g/mol. The second-order valence-corrected chi connectivity index (χ2v) is 6.25. The highest BCUT2D eigenvalue weighted by Gasteiger charge is 2.19. The van der Waals surface area contributed by atoms with Crippen LogP contribution in [0, 0.1) is 19.7 Å². The summed E-state index contributed by atoms with van der Waals surface area (Å²) in [7, 11) is 0. The van der Waals surface area contributed by atoms with Crippen LogP contribution in [0.2, 0.25) is 0 Å². The summed E-state index contributed by atoms with van der Waals surface area (Å²) in [5, 5.41) is 11.0. The van der Waals surface area contributed by atoms with Gasteiger partial charge in [-0.15, -0.1) is 0 Å². The van der Waals surface area contributed by atoms with Crippen molar-refractivity contribution in [2.45, 2.75) is 20.3 Å². The summed E-state index contributed by atoms with van der Waals surface area (Å²) in [6.07, 6.45) is 0.411. The number of halogens is 1. The van der Waals surface area contributed by atoms with Gasteiger partial charge in [-0.1, -0.05) is 10.3 Å². The highest BCUT2D eigenvalue weighted by molar-refractivity contribution is 6.06. The number of rotatable bonds is 5. The third-order valence-corrected chi connectivity index (χ3v) is 4.20. The van der Waals surface area contributed by atoms with Gasteiger partial charge in [-0.25, -0.2) is 9.37 Å². The predicted molar refractivity (Wildman–Crippen MR) is 97.0 cm³/mol.